The molecule has 0 spiro atoms. The molecule has 4 aromatic rings. The molecule has 0 saturated heterocycles. The SMILES string of the molecule is O=C(NCc1ccc(F)cc1)c1nc2cc3ccccc3cc2c(=O)n1O. The molecule has 7 heteroatoms. The zero-order valence-electron chi connectivity index (χ0n) is 14.0. The van der Waals surface area contributed by atoms with Crippen molar-refractivity contribution in [1.82, 2.24) is 15.0 Å². The average Bonchev–Trinajstić information content (AvgIpc) is 2.69. The summed E-state index contributed by atoms with van der Waals surface area (Å²) in [5.74, 6) is -1.50. The molecule has 0 aliphatic heterocycles. The molecule has 0 fully saturated rings. The summed E-state index contributed by atoms with van der Waals surface area (Å²) in [5.41, 5.74) is 0.261. The van der Waals surface area contributed by atoms with Crippen molar-refractivity contribution < 1.29 is 14.4 Å². The van der Waals surface area contributed by atoms with Gasteiger partial charge in [-0.2, -0.15) is 0 Å². The highest BCUT2D eigenvalue weighted by atomic mass is 19.1. The number of nitrogens with one attached hydrogen (secondary N) is 1. The largest absolute Gasteiger partial charge is 0.423 e. The Morgan fingerprint density at radius 3 is 2.44 bits per heavy atom. The van der Waals surface area contributed by atoms with Gasteiger partial charge in [0.1, 0.15) is 5.82 Å². The van der Waals surface area contributed by atoms with Crippen LogP contribution in [-0.4, -0.2) is 20.8 Å². The molecule has 0 aliphatic rings. The Morgan fingerprint density at radius 2 is 1.74 bits per heavy atom. The minimum absolute atomic E-state index is 0.102. The minimum atomic E-state index is -0.724. The van der Waals surface area contributed by atoms with Crippen LogP contribution in [0.5, 0.6) is 0 Å². The van der Waals surface area contributed by atoms with Crippen LogP contribution >= 0.6 is 0 Å². The van der Waals surface area contributed by atoms with Crippen molar-refractivity contribution in [2.75, 3.05) is 0 Å². The molecule has 3 aromatic carbocycles. The molecule has 0 bridgehead atoms. The van der Waals surface area contributed by atoms with E-state index in [-0.39, 0.29) is 22.5 Å². The summed E-state index contributed by atoms with van der Waals surface area (Å²) in [4.78, 5) is 29.0. The number of benzene rings is 3. The molecule has 0 aliphatic carbocycles. The second-order valence-corrected chi connectivity index (χ2v) is 6.08. The van der Waals surface area contributed by atoms with Gasteiger partial charge in [-0.3, -0.25) is 9.59 Å². The fraction of sp³-hybridized carbons (Fsp3) is 0.0500. The van der Waals surface area contributed by atoms with Gasteiger partial charge in [0.25, 0.3) is 11.5 Å². The average molecular weight is 363 g/mol. The predicted octanol–water partition coefficient (Wildman–Crippen LogP) is 2.86. The van der Waals surface area contributed by atoms with Crippen molar-refractivity contribution in [3.63, 3.8) is 0 Å². The van der Waals surface area contributed by atoms with E-state index in [1.807, 2.05) is 24.3 Å². The van der Waals surface area contributed by atoms with E-state index in [1.54, 1.807) is 12.1 Å². The Kier molecular flexibility index (Phi) is 4.04. The van der Waals surface area contributed by atoms with Gasteiger partial charge in [0.05, 0.1) is 10.9 Å². The number of hydrogen-bond donors (Lipinski definition) is 2. The summed E-state index contributed by atoms with van der Waals surface area (Å²) in [5, 5.41) is 14.6. The van der Waals surface area contributed by atoms with Gasteiger partial charge in [-0.15, -0.1) is 4.73 Å². The van der Waals surface area contributed by atoms with Crippen LogP contribution in [0, 0.1) is 5.82 Å². The van der Waals surface area contributed by atoms with Crippen LogP contribution in [0.25, 0.3) is 21.7 Å². The van der Waals surface area contributed by atoms with Crippen LogP contribution in [0.2, 0.25) is 0 Å². The normalized spacial score (nSPS) is 11.0. The van der Waals surface area contributed by atoms with Gasteiger partial charge >= 0.3 is 0 Å². The molecule has 134 valence electrons. The smallest absolute Gasteiger partial charge is 0.294 e. The number of carbonyl (C=O) groups is 1. The maximum Gasteiger partial charge on any atom is 0.294 e. The van der Waals surface area contributed by atoms with Gasteiger partial charge in [-0.05, 0) is 40.6 Å². The Balaban J connectivity index is 1.71. The molecule has 0 atom stereocenters. The van der Waals surface area contributed by atoms with Crippen molar-refractivity contribution in [2.24, 2.45) is 0 Å². The maximum atomic E-state index is 12.9. The lowest BCUT2D eigenvalue weighted by Gasteiger charge is -2.09. The molecule has 27 heavy (non-hydrogen) atoms. The fourth-order valence-corrected chi connectivity index (χ4v) is 2.87. The Hall–Kier alpha value is -3.74. The van der Waals surface area contributed by atoms with Gasteiger partial charge in [-0.1, -0.05) is 36.4 Å². The summed E-state index contributed by atoms with van der Waals surface area (Å²) in [7, 11) is 0. The van der Waals surface area contributed by atoms with Gasteiger partial charge in [0.15, 0.2) is 0 Å². The van der Waals surface area contributed by atoms with E-state index in [4.69, 9.17) is 0 Å². The van der Waals surface area contributed by atoms with E-state index in [0.29, 0.717) is 11.1 Å². The molecule has 0 unspecified atom stereocenters. The zero-order chi connectivity index (χ0) is 19.0. The van der Waals surface area contributed by atoms with Gasteiger partial charge in [0.2, 0.25) is 5.82 Å². The second kappa shape index (κ2) is 6.53. The summed E-state index contributed by atoms with van der Waals surface area (Å²) in [6.45, 7) is 0.102. The van der Waals surface area contributed by atoms with Crippen molar-refractivity contribution in [3.05, 3.63) is 88.2 Å². The molecule has 1 heterocycles. The van der Waals surface area contributed by atoms with Crippen molar-refractivity contribution in [2.45, 2.75) is 6.54 Å². The summed E-state index contributed by atoms with van der Waals surface area (Å²) >= 11 is 0. The molecule has 4 rings (SSSR count). The topological polar surface area (TPSA) is 84.2 Å². The van der Waals surface area contributed by atoms with Crippen molar-refractivity contribution in [3.8, 4) is 0 Å². The summed E-state index contributed by atoms with van der Waals surface area (Å²) in [6, 6.07) is 16.4. The number of fused-ring (bicyclic) bond motifs is 2. The van der Waals surface area contributed by atoms with Crippen LogP contribution in [-0.2, 0) is 6.54 Å². The lowest BCUT2D eigenvalue weighted by Crippen LogP contribution is -2.32. The zero-order valence-corrected chi connectivity index (χ0v) is 14.0. The standard InChI is InChI=1S/C20H14FN3O3/c21-15-7-5-12(6-8-15)11-22-19(25)18-23-17-10-14-4-2-1-3-13(14)9-16(17)20(26)24(18)27/h1-10,27H,11H2,(H,22,25). The molecule has 1 aromatic heterocycles. The van der Waals surface area contributed by atoms with E-state index in [9.17, 15) is 19.2 Å². The number of amides is 1. The van der Waals surface area contributed by atoms with E-state index < -0.39 is 17.3 Å². The Morgan fingerprint density at radius 1 is 1.07 bits per heavy atom. The molecule has 0 saturated carbocycles. The number of nitrogens with zero attached hydrogens (tertiary/aromatic N) is 2. The van der Waals surface area contributed by atoms with Crippen LogP contribution in [0.4, 0.5) is 4.39 Å². The highest BCUT2D eigenvalue weighted by Crippen LogP contribution is 2.19. The second-order valence-electron chi connectivity index (χ2n) is 6.08. The Bertz CT molecular complexity index is 1230. The van der Waals surface area contributed by atoms with E-state index in [0.717, 1.165) is 10.8 Å². The summed E-state index contributed by atoms with van der Waals surface area (Å²) < 4.78 is 13.2. The van der Waals surface area contributed by atoms with Crippen LogP contribution in [0.1, 0.15) is 16.2 Å². The third-order valence-electron chi connectivity index (χ3n) is 4.28. The van der Waals surface area contributed by atoms with E-state index in [1.165, 1.54) is 24.3 Å². The van der Waals surface area contributed by atoms with Gasteiger partial charge in [-0.25, -0.2) is 9.37 Å². The third kappa shape index (κ3) is 3.10. The first kappa shape index (κ1) is 16.7. The minimum Gasteiger partial charge on any atom is -0.423 e. The van der Waals surface area contributed by atoms with E-state index >= 15 is 0 Å². The molecular formula is C20H14FN3O3. The molecular weight excluding hydrogens is 349 g/mol. The lowest BCUT2D eigenvalue weighted by molar-refractivity contribution is 0.0878. The number of halogens is 1. The predicted molar refractivity (Wildman–Crippen MR) is 98.3 cm³/mol. The number of hydrogen-bond acceptors (Lipinski definition) is 4. The van der Waals surface area contributed by atoms with Crippen LogP contribution in [0.3, 0.4) is 0 Å². The third-order valence-corrected chi connectivity index (χ3v) is 4.28. The lowest BCUT2D eigenvalue weighted by atomic mass is 10.1. The molecule has 2 N–H and O–H groups in total. The van der Waals surface area contributed by atoms with E-state index in [2.05, 4.69) is 10.3 Å². The number of aromatic nitrogens is 2. The highest BCUT2D eigenvalue weighted by molar-refractivity contribution is 5.98. The first-order valence-corrected chi connectivity index (χ1v) is 8.20. The monoisotopic (exact) mass is 363 g/mol. The van der Waals surface area contributed by atoms with Gasteiger partial charge < -0.3 is 10.5 Å². The number of carbonyl (C=O) groups excluding carboxylic acids is 1. The fourth-order valence-electron chi connectivity index (χ4n) is 2.87. The quantitative estimate of drug-likeness (QED) is 0.433. The van der Waals surface area contributed by atoms with Crippen molar-refractivity contribution >= 4 is 27.6 Å². The van der Waals surface area contributed by atoms with Gasteiger partial charge in [0, 0.05) is 6.54 Å². The highest BCUT2D eigenvalue weighted by Gasteiger charge is 2.17. The maximum absolute atomic E-state index is 12.9. The first-order chi connectivity index (χ1) is 13.0. The van der Waals surface area contributed by atoms with Crippen LogP contribution < -0.4 is 10.9 Å². The molecule has 1 amide bonds. The van der Waals surface area contributed by atoms with Crippen molar-refractivity contribution in [1.29, 1.82) is 0 Å². The van der Waals surface area contributed by atoms with Crippen LogP contribution in [0.15, 0.2) is 65.5 Å². The Labute approximate surface area is 152 Å². The molecule has 6 nitrogen and oxygen atoms in total. The first-order valence-electron chi connectivity index (χ1n) is 8.20. The number of rotatable bonds is 3. The molecule has 0 radical (unpaired) electrons. The summed E-state index contributed by atoms with van der Waals surface area (Å²) in [6.07, 6.45) is 0.